The van der Waals surface area contributed by atoms with Crippen LogP contribution < -0.4 is 9.62 Å². The second-order valence-corrected chi connectivity index (χ2v) is 9.03. The number of amidine groups is 1. The van der Waals surface area contributed by atoms with Crippen LogP contribution in [-0.4, -0.2) is 41.3 Å². The third kappa shape index (κ3) is 3.56. The zero-order chi connectivity index (χ0) is 18.2. The van der Waals surface area contributed by atoms with E-state index in [1.807, 2.05) is 6.92 Å². The summed E-state index contributed by atoms with van der Waals surface area (Å²) in [7, 11) is -3.74. The molecule has 25 heavy (non-hydrogen) atoms. The Morgan fingerprint density at radius 1 is 1.48 bits per heavy atom. The van der Waals surface area contributed by atoms with Gasteiger partial charge in [0.1, 0.15) is 4.95 Å². The zero-order valence-electron chi connectivity index (χ0n) is 13.6. The summed E-state index contributed by atoms with van der Waals surface area (Å²) in [4.78, 5) is 18.7. The summed E-state index contributed by atoms with van der Waals surface area (Å²) >= 11 is 4.71. The lowest BCUT2D eigenvalue weighted by atomic mass is 10.2. The minimum atomic E-state index is -3.74. The highest BCUT2D eigenvalue weighted by atomic mass is 79.9. The third-order valence-electron chi connectivity index (χ3n) is 3.79. The number of sulfonamides is 1. The van der Waals surface area contributed by atoms with Crippen LogP contribution in [0.1, 0.15) is 13.8 Å². The molecule has 1 N–H and O–H groups in total. The van der Waals surface area contributed by atoms with Crippen molar-refractivity contribution in [3.05, 3.63) is 35.9 Å². The van der Waals surface area contributed by atoms with Crippen LogP contribution in [-0.2, 0) is 14.8 Å². The van der Waals surface area contributed by atoms with Crippen LogP contribution >= 0.6 is 27.7 Å². The van der Waals surface area contributed by atoms with Gasteiger partial charge < -0.3 is 9.80 Å². The Morgan fingerprint density at radius 3 is 2.92 bits per heavy atom. The van der Waals surface area contributed by atoms with E-state index < -0.39 is 20.3 Å². The standard InChI is InChI=1S/C15H17BrN4O3S2/c1-3-19(10(2)21)12-6-4-5-11(9-12)18-25(22,23)14-13(16)17-15-20(14)7-8-24-15/h4-9,13-14,18H,3H2,1-2H3. The van der Waals surface area contributed by atoms with Crippen molar-refractivity contribution in [2.75, 3.05) is 16.2 Å². The molecule has 0 fully saturated rings. The van der Waals surface area contributed by atoms with E-state index in [0.717, 1.165) is 0 Å². The maximum absolute atomic E-state index is 12.9. The van der Waals surface area contributed by atoms with Gasteiger partial charge in [0.2, 0.25) is 5.91 Å². The van der Waals surface area contributed by atoms with Gasteiger partial charge in [-0.05, 0) is 30.5 Å². The number of halogens is 1. The van der Waals surface area contributed by atoms with Gasteiger partial charge in [0.25, 0.3) is 10.0 Å². The number of rotatable bonds is 5. The van der Waals surface area contributed by atoms with Crippen molar-refractivity contribution in [1.82, 2.24) is 4.90 Å². The third-order valence-corrected chi connectivity index (χ3v) is 7.27. The Bertz CT molecular complexity index is 856. The maximum atomic E-state index is 12.9. The topological polar surface area (TPSA) is 82.1 Å². The van der Waals surface area contributed by atoms with E-state index in [9.17, 15) is 13.2 Å². The van der Waals surface area contributed by atoms with Crippen molar-refractivity contribution < 1.29 is 13.2 Å². The minimum absolute atomic E-state index is 0.101. The van der Waals surface area contributed by atoms with Gasteiger partial charge in [0, 0.05) is 25.4 Å². The molecule has 0 saturated heterocycles. The number of hydrogen-bond acceptors (Lipinski definition) is 6. The van der Waals surface area contributed by atoms with E-state index >= 15 is 0 Å². The van der Waals surface area contributed by atoms with E-state index in [4.69, 9.17) is 0 Å². The van der Waals surface area contributed by atoms with E-state index in [-0.39, 0.29) is 5.91 Å². The van der Waals surface area contributed by atoms with Crippen molar-refractivity contribution in [2.24, 2.45) is 4.99 Å². The number of benzene rings is 1. The summed E-state index contributed by atoms with van der Waals surface area (Å²) in [5.74, 6) is -0.101. The predicted octanol–water partition coefficient (Wildman–Crippen LogP) is 2.74. The number of fused-ring (bicyclic) bond motifs is 1. The molecule has 0 aromatic heterocycles. The van der Waals surface area contributed by atoms with Crippen molar-refractivity contribution in [3.8, 4) is 0 Å². The molecule has 2 aliphatic rings. The summed E-state index contributed by atoms with van der Waals surface area (Å²) in [5.41, 5.74) is 1.05. The number of carbonyl (C=O) groups excluding carboxylic acids is 1. The van der Waals surface area contributed by atoms with Gasteiger partial charge in [-0.25, -0.2) is 13.4 Å². The van der Waals surface area contributed by atoms with Gasteiger partial charge >= 0.3 is 0 Å². The van der Waals surface area contributed by atoms with Crippen LogP contribution in [0.3, 0.4) is 0 Å². The molecule has 1 amide bonds. The van der Waals surface area contributed by atoms with Crippen LogP contribution in [0.25, 0.3) is 0 Å². The van der Waals surface area contributed by atoms with Crippen molar-refractivity contribution in [3.63, 3.8) is 0 Å². The number of aliphatic imine (C=N–C) groups is 1. The first-order valence-electron chi connectivity index (χ1n) is 7.57. The Morgan fingerprint density at radius 2 is 2.24 bits per heavy atom. The number of nitrogens with zero attached hydrogens (tertiary/aromatic N) is 3. The molecule has 0 spiro atoms. The molecule has 2 unspecified atom stereocenters. The number of hydrogen-bond donors (Lipinski definition) is 1. The molecule has 3 rings (SSSR count). The molecule has 2 aliphatic heterocycles. The first-order valence-corrected chi connectivity index (χ1v) is 10.9. The lowest BCUT2D eigenvalue weighted by Gasteiger charge is -2.24. The predicted molar refractivity (Wildman–Crippen MR) is 105 cm³/mol. The summed E-state index contributed by atoms with van der Waals surface area (Å²) < 4.78 is 28.3. The monoisotopic (exact) mass is 444 g/mol. The summed E-state index contributed by atoms with van der Waals surface area (Å²) in [6, 6.07) is 6.79. The van der Waals surface area contributed by atoms with Crippen molar-refractivity contribution in [1.29, 1.82) is 0 Å². The first kappa shape index (κ1) is 18.3. The molecular weight excluding hydrogens is 428 g/mol. The number of anilines is 2. The van der Waals surface area contributed by atoms with Gasteiger partial charge in [0.15, 0.2) is 10.5 Å². The summed E-state index contributed by atoms with van der Waals surface area (Å²) in [6.45, 7) is 3.84. The van der Waals surface area contributed by atoms with Crippen molar-refractivity contribution in [2.45, 2.75) is 24.2 Å². The van der Waals surface area contributed by atoms with Gasteiger partial charge in [-0.2, -0.15) is 0 Å². The van der Waals surface area contributed by atoms with E-state index in [2.05, 4.69) is 25.6 Å². The number of nitrogens with one attached hydrogen (secondary N) is 1. The summed E-state index contributed by atoms with van der Waals surface area (Å²) in [6.07, 6.45) is 1.71. The highest BCUT2D eigenvalue weighted by Gasteiger charge is 2.44. The Labute approximate surface area is 159 Å². The molecule has 134 valence electrons. The fourth-order valence-electron chi connectivity index (χ4n) is 2.72. The average molecular weight is 445 g/mol. The number of amides is 1. The molecule has 0 aliphatic carbocycles. The van der Waals surface area contributed by atoms with Crippen molar-refractivity contribution >= 4 is 60.2 Å². The van der Waals surface area contributed by atoms with Gasteiger partial charge in [-0.3, -0.25) is 9.52 Å². The lowest BCUT2D eigenvalue weighted by Crippen LogP contribution is -2.42. The molecule has 1 aromatic carbocycles. The van der Waals surface area contributed by atoms with Gasteiger partial charge in [0.05, 0.1) is 5.69 Å². The fourth-order valence-corrected chi connectivity index (χ4v) is 6.41. The molecule has 10 heteroatoms. The van der Waals surface area contributed by atoms with E-state index in [1.165, 1.54) is 18.7 Å². The normalized spacial score (nSPS) is 21.9. The van der Waals surface area contributed by atoms with E-state index in [1.54, 1.807) is 45.7 Å². The first-order chi connectivity index (χ1) is 11.8. The Kier molecular flexibility index (Phi) is 5.12. The molecule has 1 aromatic rings. The molecule has 2 heterocycles. The molecule has 0 bridgehead atoms. The number of alkyl halides is 1. The van der Waals surface area contributed by atoms with Crippen LogP contribution in [0.15, 0.2) is 40.9 Å². The number of thioether (sulfide) groups is 1. The van der Waals surface area contributed by atoms with Crippen LogP contribution in [0.5, 0.6) is 0 Å². The molecule has 0 radical (unpaired) electrons. The quantitative estimate of drug-likeness (QED) is 0.557. The van der Waals surface area contributed by atoms with Crippen LogP contribution in [0, 0.1) is 0 Å². The largest absolute Gasteiger partial charge is 0.313 e. The van der Waals surface area contributed by atoms with E-state index in [0.29, 0.717) is 23.1 Å². The molecule has 2 atom stereocenters. The zero-order valence-corrected chi connectivity index (χ0v) is 16.8. The maximum Gasteiger partial charge on any atom is 0.257 e. The van der Waals surface area contributed by atoms with Gasteiger partial charge in [-0.1, -0.05) is 33.8 Å². The van der Waals surface area contributed by atoms with Crippen LogP contribution in [0.2, 0.25) is 0 Å². The smallest absolute Gasteiger partial charge is 0.257 e. The SMILES string of the molecule is CCN(C(C)=O)c1cccc(NS(=O)(=O)C2C(Br)N=C3SC=CN32)c1. The molecule has 7 nitrogen and oxygen atoms in total. The van der Waals surface area contributed by atoms with Crippen LogP contribution in [0.4, 0.5) is 11.4 Å². The lowest BCUT2D eigenvalue weighted by molar-refractivity contribution is -0.116. The molecule has 0 saturated carbocycles. The average Bonchev–Trinajstić information content (AvgIpc) is 3.06. The Hall–Kier alpha value is -1.52. The second kappa shape index (κ2) is 7.00. The second-order valence-electron chi connectivity index (χ2n) is 5.45. The summed E-state index contributed by atoms with van der Waals surface area (Å²) in [5, 5.41) is 1.58. The molecular formula is C15H17BrN4O3S2. The highest BCUT2D eigenvalue weighted by molar-refractivity contribution is 9.09. The highest BCUT2D eigenvalue weighted by Crippen LogP contribution is 2.36. The fraction of sp³-hybridized carbons (Fsp3) is 0.333. The Balaban J connectivity index is 1.84. The minimum Gasteiger partial charge on any atom is -0.313 e. The van der Waals surface area contributed by atoms with Gasteiger partial charge in [-0.15, -0.1) is 0 Å². The number of carbonyl (C=O) groups is 1.